The van der Waals surface area contributed by atoms with Crippen molar-refractivity contribution >= 4 is 51.7 Å². The number of piperazine rings is 1. The lowest BCUT2D eigenvalue weighted by atomic mass is 10.2. The summed E-state index contributed by atoms with van der Waals surface area (Å²) in [7, 11) is 2.12. The van der Waals surface area contributed by atoms with Gasteiger partial charge in [0.2, 0.25) is 5.88 Å². The number of amides is 3. The summed E-state index contributed by atoms with van der Waals surface area (Å²) < 4.78 is 9.74. The van der Waals surface area contributed by atoms with E-state index in [1.54, 1.807) is 18.2 Å². The van der Waals surface area contributed by atoms with Crippen molar-refractivity contribution in [1.82, 2.24) is 19.5 Å². The second-order valence-corrected chi connectivity index (χ2v) is 9.08. The molecule has 12 heteroatoms. The molecule has 4 N–H and O–H groups in total. The smallest absolute Gasteiger partial charge is 0.319 e. The second kappa shape index (κ2) is 11.7. The topological polar surface area (TPSA) is 113 Å². The van der Waals surface area contributed by atoms with Gasteiger partial charge in [-0.15, -0.1) is 0 Å². The quantitative estimate of drug-likeness (QED) is 0.456. The maximum Gasteiger partial charge on any atom is 0.319 e. The van der Waals surface area contributed by atoms with Crippen molar-refractivity contribution in [3.63, 3.8) is 0 Å². The predicted molar refractivity (Wildman–Crippen MR) is 127 cm³/mol. The summed E-state index contributed by atoms with van der Waals surface area (Å²) in [4.78, 5) is 28.9. The Morgan fingerprint density at radius 2 is 2.00 bits per heavy atom. The average molecular weight is 501 g/mol. The molecule has 1 fully saturated rings. The molecule has 0 unspecified atom stereocenters. The average Bonchev–Trinajstić information content (AvgIpc) is 3.15. The summed E-state index contributed by atoms with van der Waals surface area (Å²) in [5.74, 6) is -0.722. The van der Waals surface area contributed by atoms with Crippen LogP contribution in [-0.4, -0.2) is 72.4 Å². The first-order valence-electron chi connectivity index (χ1n) is 10.2. The molecule has 1 aromatic heterocycles. The predicted octanol–water partition coefficient (Wildman–Crippen LogP) is 2.89. The Kier molecular flexibility index (Phi) is 8.94. The van der Waals surface area contributed by atoms with Crippen LogP contribution in [-0.2, 0) is 6.61 Å². The van der Waals surface area contributed by atoms with E-state index in [2.05, 4.69) is 31.9 Å². The first kappa shape index (κ1) is 24.5. The van der Waals surface area contributed by atoms with Crippen molar-refractivity contribution in [3.05, 3.63) is 39.4 Å². The van der Waals surface area contributed by atoms with E-state index in [0.717, 1.165) is 50.7 Å². The maximum atomic E-state index is 12.3. The zero-order chi connectivity index (χ0) is 23.1. The molecule has 32 heavy (non-hydrogen) atoms. The second-order valence-electron chi connectivity index (χ2n) is 7.46. The Bertz CT molecular complexity index is 949. The fourth-order valence-electron chi connectivity index (χ4n) is 3.20. The van der Waals surface area contributed by atoms with E-state index in [-0.39, 0.29) is 23.1 Å². The van der Waals surface area contributed by atoms with Gasteiger partial charge in [0.15, 0.2) is 0 Å². The van der Waals surface area contributed by atoms with Gasteiger partial charge in [-0.2, -0.15) is 4.37 Å². The van der Waals surface area contributed by atoms with Crippen LogP contribution < -0.4 is 21.1 Å². The molecule has 0 radical (unpaired) electrons. The van der Waals surface area contributed by atoms with Crippen molar-refractivity contribution < 1.29 is 14.3 Å². The highest BCUT2D eigenvalue weighted by molar-refractivity contribution is 7.11. The van der Waals surface area contributed by atoms with Gasteiger partial charge in [0.05, 0.1) is 0 Å². The van der Waals surface area contributed by atoms with Crippen molar-refractivity contribution in [2.75, 3.05) is 51.6 Å². The summed E-state index contributed by atoms with van der Waals surface area (Å²) in [5.41, 5.74) is 6.14. The van der Waals surface area contributed by atoms with Crippen molar-refractivity contribution in [2.45, 2.75) is 13.0 Å². The van der Waals surface area contributed by atoms with Crippen LogP contribution in [0.3, 0.4) is 0 Å². The minimum atomic E-state index is -0.753. The number of nitrogens with one attached hydrogen (secondary N) is 2. The van der Waals surface area contributed by atoms with Crippen molar-refractivity contribution in [1.29, 1.82) is 0 Å². The maximum absolute atomic E-state index is 12.3. The Labute approximate surface area is 201 Å². The number of aromatic nitrogens is 1. The molecule has 9 nitrogen and oxygen atoms in total. The van der Waals surface area contributed by atoms with E-state index >= 15 is 0 Å². The van der Waals surface area contributed by atoms with Gasteiger partial charge < -0.3 is 25.6 Å². The lowest BCUT2D eigenvalue weighted by molar-refractivity contribution is 0.0996. The van der Waals surface area contributed by atoms with Crippen LogP contribution in [0.1, 0.15) is 22.3 Å². The third-order valence-electron chi connectivity index (χ3n) is 5.04. The van der Waals surface area contributed by atoms with E-state index in [9.17, 15) is 9.59 Å². The number of nitrogens with two attached hydrogens (primary N) is 1. The van der Waals surface area contributed by atoms with Crippen LogP contribution in [0, 0.1) is 0 Å². The molecule has 0 atom stereocenters. The van der Waals surface area contributed by atoms with Crippen molar-refractivity contribution in [3.8, 4) is 5.88 Å². The number of likely N-dealkylation sites (N-methyl/N-ethyl adjacent to an activating group) is 1. The highest BCUT2D eigenvalue weighted by Gasteiger charge is 2.22. The number of nitrogens with zero attached hydrogens (tertiary/aromatic N) is 3. The minimum Gasteiger partial charge on any atom is -0.472 e. The largest absolute Gasteiger partial charge is 0.472 e. The zero-order valence-corrected chi connectivity index (χ0v) is 20.0. The monoisotopic (exact) mass is 500 g/mol. The molecular formula is C20H26Cl2N6O3S. The number of hydrogen-bond donors (Lipinski definition) is 3. The number of anilines is 1. The van der Waals surface area contributed by atoms with Gasteiger partial charge in [0.1, 0.15) is 17.2 Å². The summed E-state index contributed by atoms with van der Waals surface area (Å²) >= 11 is 13.0. The third-order valence-corrected chi connectivity index (χ3v) is 6.39. The van der Waals surface area contributed by atoms with Crippen LogP contribution in [0.4, 0.5) is 9.80 Å². The molecule has 3 rings (SSSR count). The third kappa shape index (κ3) is 6.94. The van der Waals surface area contributed by atoms with Gasteiger partial charge in [-0.05, 0) is 49.7 Å². The molecule has 2 aromatic rings. The SMILES string of the molecule is CN1CCN(CCCNC(=O)Nc2snc(OCc3cc(Cl)ccc3Cl)c2C(N)=O)CC1. The van der Waals surface area contributed by atoms with E-state index in [0.29, 0.717) is 22.2 Å². The number of ether oxygens (including phenoxy) is 1. The Morgan fingerprint density at radius 1 is 1.25 bits per heavy atom. The lowest BCUT2D eigenvalue weighted by Gasteiger charge is -2.32. The van der Waals surface area contributed by atoms with Gasteiger partial charge in [0, 0.05) is 48.3 Å². The lowest BCUT2D eigenvalue weighted by Crippen LogP contribution is -2.45. The highest BCUT2D eigenvalue weighted by atomic mass is 35.5. The Hall–Kier alpha value is -2.11. The molecular weight excluding hydrogens is 475 g/mol. The molecule has 0 spiro atoms. The summed E-state index contributed by atoms with van der Waals surface area (Å²) in [5, 5.41) is 6.63. The fraction of sp³-hybridized carbons (Fsp3) is 0.450. The number of hydrogen-bond acceptors (Lipinski definition) is 7. The summed E-state index contributed by atoms with van der Waals surface area (Å²) in [6, 6.07) is 4.55. The van der Waals surface area contributed by atoms with Crippen LogP contribution in [0.5, 0.6) is 5.88 Å². The van der Waals surface area contributed by atoms with Gasteiger partial charge in [-0.25, -0.2) is 4.79 Å². The molecule has 1 aliphatic rings. The summed E-state index contributed by atoms with van der Waals surface area (Å²) in [6.45, 7) is 5.67. The normalized spacial score (nSPS) is 14.8. The number of rotatable bonds is 9. The fourth-order valence-corrected chi connectivity index (χ4v) is 4.30. The molecule has 3 amide bonds. The molecule has 174 valence electrons. The van der Waals surface area contributed by atoms with Crippen LogP contribution >= 0.6 is 34.7 Å². The number of carbonyl (C=O) groups excluding carboxylic acids is 2. The van der Waals surface area contributed by atoms with E-state index in [1.807, 2.05) is 0 Å². The summed E-state index contributed by atoms with van der Waals surface area (Å²) in [6.07, 6.45) is 0.831. The van der Waals surface area contributed by atoms with Gasteiger partial charge in [-0.3, -0.25) is 10.1 Å². The highest BCUT2D eigenvalue weighted by Crippen LogP contribution is 2.31. The zero-order valence-electron chi connectivity index (χ0n) is 17.7. The standard InChI is InChI=1S/C20H26Cl2N6O3S/c1-27-7-9-28(10-8-27)6-2-5-24-20(30)25-19-16(17(23)29)18(26-32-19)31-12-13-11-14(21)3-4-15(13)22/h3-4,11H,2,5-10,12H2,1H3,(H2,23,29)(H2,24,25,30). The minimum absolute atomic E-state index is 0.0146. The van der Waals surface area contributed by atoms with Crippen LogP contribution in [0.15, 0.2) is 18.2 Å². The first-order valence-corrected chi connectivity index (χ1v) is 11.7. The Balaban J connectivity index is 1.50. The van der Waals surface area contributed by atoms with Crippen LogP contribution in [0.2, 0.25) is 10.0 Å². The molecule has 2 heterocycles. The number of primary amides is 1. The molecule has 0 saturated carbocycles. The van der Waals surface area contributed by atoms with Crippen LogP contribution in [0.25, 0.3) is 0 Å². The molecule has 1 aliphatic heterocycles. The molecule has 0 bridgehead atoms. The van der Waals surface area contributed by atoms with E-state index < -0.39 is 11.9 Å². The van der Waals surface area contributed by atoms with Gasteiger partial charge in [-0.1, -0.05) is 23.2 Å². The molecule has 1 saturated heterocycles. The van der Waals surface area contributed by atoms with Crippen molar-refractivity contribution in [2.24, 2.45) is 5.73 Å². The first-order chi connectivity index (χ1) is 15.3. The Morgan fingerprint density at radius 3 is 2.72 bits per heavy atom. The molecule has 1 aromatic carbocycles. The number of halogens is 2. The molecule has 0 aliphatic carbocycles. The number of urea groups is 1. The van der Waals surface area contributed by atoms with Gasteiger partial charge in [0.25, 0.3) is 5.91 Å². The van der Waals surface area contributed by atoms with Gasteiger partial charge >= 0.3 is 6.03 Å². The van der Waals surface area contributed by atoms with E-state index in [1.165, 1.54) is 0 Å². The number of carbonyl (C=O) groups is 2. The number of benzene rings is 1. The van der Waals surface area contributed by atoms with E-state index in [4.69, 9.17) is 33.7 Å².